The van der Waals surface area contributed by atoms with Gasteiger partial charge in [-0.05, 0) is 29.7 Å². The zero-order chi connectivity index (χ0) is 19.0. The average Bonchev–Trinajstić information content (AvgIpc) is 3.21. The van der Waals surface area contributed by atoms with Crippen LogP contribution < -0.4 is 4.90 Å². The fourth-order valence-corrected chi connectivity index (χ4v) is 4.30. The van der Waals surface area contributed by atoms with Gasteiger partial charge in [0.05, 0.1) is 13.2 Å². The zero-order valence-electron chi connectivity index (χ0n) is 15.8. The fraction of sp³-hybridized carbons (Fsp3) is 0.476. The summed E-state index contributed by atoms with van der Waals surface area (Å²) in [6.07, 6.45) is 2.53. The molecule has 2 aromatic rings. The van der Waals surface area contributed by atoms with Crippen molar-refractivity contribution in [1.82, 2.24) is 15.1 Å². The van der Waals surface area contributed by atoms with Crippen molar-refractivity contribution in [2.75, 3.05) is 37.7 Å². The maximum absolute atomic E-state index is 12.8. The van der Waals surface area contributed by atoms with Crippen LogP contribution in [0, 0.1) is 0 Å². The summed E-state index contributed by atoms with van der Waals surface area (Å²) < 4.78 is 11.5. The first-order chi connectivity index (χ1) is 13.7. The van der Waals surface area contributed by atoms with Gasteiger partial charge >= 0.3 is 0 Å². The topological polar surface area (TPSA) is 67.8 Å². The van der Waals surface area contributed by atoms with Crippen LogP contribution in [0.1, 0.15) is 34.5 Å². The zero-order valence-corrected chi connectivity index (χ0v) is 15.8. The standard InChI is InChI=1S/C21H24N4O3/c26-20(25-10-7-16-3-1-2-4-17(16)15-25)18-5-6-19(23-22-18)24-11-8-21(9-12-24)27-13-14-28-21/h1-6H,7-15H2. The minimum atomic E-state index is -0.398. The molecule has 1 amide bonds. The highest BCUT2D eigenvalue weighted by Crippen LogP contribution is 2.32. The Kier molecular flexibility index (Phi) is 4.49. The maximum Gasteiger partial charge on any atom is 0.274 e. The maximum atomic E-state index is 12.8. The summed E-state index contributed by atoms with van der Waals surface area (Å²) in [5.74, 6) is 0.344. The molecule has 0 atom stereocenters. The number of aromatic nitrogens is 2. The number of anilines is 1. The lowest BCUT2D eigenvalue weighted by atomic mass is 10.00. The minimum Gasteiger partial charge on any atom is -0.355 e. The van der Waals surface area contributed by atoms with Gasteiger partial charge in [-0.15, -0.1) is 10.2 Å². The van der Waals surface area contributed by atoms with Gasteiger partial charge in [0, 0.05) is 39.0 Å². The lowest BCUT2D eigenvalue weighted by Gasteiger charge is -2.37. The van der Waals surface area contributed by atoms with E-state index in [9.17, 15) is 4.79 Å². The van der Waals surface area contributed by atoms with Crippen molar-refractivity contribution in [2.24, 2.45) is 0 Å². The van der Waals surface area contributed by atoms with E-state index in [4.69, 9.17) is 9.47 Å². The number of benzene rings is 1. The van der Waals surface area contributed by atoms with Crippen molar-refractivity contribution in [1.29, 1.82) is 0 Å². The summed E-state index contributed by atoms with van der Waals surface area (Å²) in [6, 6.07) is 12.0. The molecule has 1 aromatic carbocycles. The Labute approximate surface area is 164 Å². The summed E-state index contributed by atoms with van der Waals surface area (Å²) in [5.41, 5.74) is 2.94. The third-order valence-corrected chi connectivity index (χ3v) is 5.95. The number of hydrogen-bond acceptors (Lipinski definition) is 6. The molecule has 7 nitrogen and oxygen atoms in total. The van der Waals surface area contributed by atoms with Crippen LogP contribution in [0.15, 0.2) is 36.4 Å². The predicted molar refractivity (Wildman–Crippen MR) is 103 cm³/mol. The molecule has 0 N–H and O–H groups in total. The van der Waals surface area contributed by atoms with Gasteiger partial charge < -0.3 is 19.3 Å². The van der Waals surface area contributed by atoms with Gasteiger partial charge in [0.25, 0.3) is 5.91 Å². The van der Waals surface area contributed by atoms with E-state index in [-0.39, 0.29) is 5.91 Å². The molecule has 7 heteroatoms. The smallest absolute Gasteiger partial charge is 0.274 e. The number of rotatable bonds is 2. The second-order valence-electron chi connectivity index (χ2n) is 7.62. The normalized spacial score (nSPS) is 21.0. The Bertz CT molecular complexity index is 854. The fourth-order valence-electron chi connectivity index (χ4n) is 4.30. The van der Waals surface area contributed by atoms with Gasteiger partial charge in [-0.1, -0.05) is 24.3 Å². The molecule has 0 radical (unpaired) electrons. The number of nitrogens with zero attached hydrogens (tertiary/aromatic N) is 4. The molecule has 3 aliphatic heterocycles. The Morgan fingerprint density at radius 2 is 1.68 bits per heavy atom. The monoisotopic (exact) mass is 380 g/mol. The molecule has 2 fully saturated rings. The number of carbonyl (C=O) groups is 1. The van der Waals surface area contributed by atoms with Crippen LogP contribution in [0.3, 0.4) is 0 Å². The van der Waals surface area contributed by atoms with Crippen molar-refractivity contribution in [3.05, 3.63) is 53.2 Å². The third kappa shape index (κ3) is 3.25. The third-order valence-electron chi connectivity index (χ3n) is 5.95. The van der Waals surface area contributed by atoms with E-state index < -0.39 is 5.79 Å². The first-order valence-corrected chi connectivity index (χ1v) is 9.95. The molecule has 146 valence electrons. The summed E-state index contributed by atoms with van der Waals surface area (Å²) >= 11 is 0. The largest absolute Gasteiger partial charge is 0.355 e. The number of ether oxygens (including phenoxy) is 2. The molecular weight excluding hydrogens is 356 g/mol. The van der Waals surface area contributed by atoms with Crippen LogP contribution in [0.2, 0.25) is 0 Å². The Morgan fingerprint density at radius 3 is 2.39 bits per heavy atom. The van der Waals surface area contributed by atoms with Gasteiger partial charge in [-0.2, -0.15) is 0 Å². The predicted octanol–water partition coefficient (Wildman–Crippen LogP) is 2.02. The molecular formula is C21H24N4O3. The first kappa shape index (κ1) is 17.6. The SMILES string of the molecule is O=C(c1ccc(N2CCC3(CC2)OCCO3)nn1)N1CCc2ccccc2C1. The lowest BCUT2D eigenvalue weighted by molar-refractivity contribution is -0.169. The molecule has 5 rings (SSSR count). The van der Waals surface area contributed by atoms with Crippen molar-refractivity contribution < 1.29 is 14.3 Å². The van der Waals surface area contributed by atoms with E-state index in [1.54, 1.807) is 6.07 Å². The highest BCUT2D eigenvalue weighted by Gasteiger charge is 2.40. The summed E-state index contributed by atoms with van der Waals surface area (Å²) in [6.45, 7) is 4.32. The lowest BCUT2D eigenvalue weighted by Crippen LogP contribution is -2.45. The molecule has 28 heavy (non-hydrogen) atoms. The van der Waals surface area contributed by atoms with Gasteiger partial charge in [0.15, 0.2) is 17.3 Å². The molecule has 4 heterocycles. The highest BCUT2D eigenvalue weighted by molar-refractivity contribution is 5.92. The molecule has 0 saturated carbocycles. The Morgan fingerprint density at radius 1 is 0.929 bits per heavy atom. The van der Waals surface area contributed by atoms with Crippen LogP contribution in [0.25, 0.3) is 0 Å². The second-order valence-corrected chi connectivity index (χ2v) is 7.62. The number of fused-ring (bicyclic) bond motifs is 1. The highest BCUT2D eigenvalue weighted by atomic mass is 16.7. The van der Waals surface area contributed by atoms with Gasteiger partial charge in [0.2, 0.25) is 0 Å². The number of piperidine rings is 1. The van der Waals surface area contributed by atoms with E-state index in [1.807, 2.05) is 23.1 Å². The van der Waals surface area contributed by atoms with E-state index >= 15 is 0 Å². The van der Waals surface area contributed by atoms with E-state index in [1.165, 1.54) is 11.1 Å². The Hall–Kier alpha value is -2.51. The average molecular weight is 380 g/mol. The molecule has 0 aliphatic carbocycles. The van der Waals surface area contributed by atoms with Crippen molar-refractivity contribution >= 4 is 11.7 Å². The molecule has 0 unspecified atom stereocenters. The van der Waals surface area contributed by atoms with Gasteiger partial charge in [-0.25, -0.2) is 0 Å². The first-order valence-electron chi connectivity index (χ1n) is 9.95. The van der Waals surface area contributed by atoms with Gasteiger partial charge in [0.1, 0.15) is 0 Å². The second kappa shape index (κ2) is 7.14. The van der Waals surface area contributed by atoms with Crippen molar-refractivity contribution in [3.63, 3.8) is 0 Å². The van der Waals surface area contributed by atoms with Gasteiger partial charge in [-0.3, -0.25) is 4.79 Å². The molecule has 0 bridgehead atoms. The number of carbonyl (C=O) groups excluding carboxylic acids is 1. The quantitative estimate of drug-likeness (QED) is 0.794. The molecule has 3 aliphatic rings. The molecule has 1 spiro atoms. The van der Waals surface area contributed by atoms with E-state index in [2.05, 4.69) is 27.2 Å². The Balaban J connectivity index is 1.24. The number of hydrogen-bond donors (Lipinski definition) is 0. The van der Waals surface area contributed by atoms with Crippen LogP contribution in [-0.4, -0.2) is 59.6 Å². The van der Waals surface area contributed by atoms with Crippen LogP contribution in [0.4, 0.5) is 5.82 Å². The van der Waals surface area contributed by atoms with Crippen molar-refractivity contribution in [3.8, 4) is 0 Å². The number of amides is 1. The van der Waals surface area contributed by atoms with Crippen LogP contribution >= 0.6 is 0 Å². The molecule has 1 aromatic heterocycles. The van der Waals surface area contributed by atoms with E-state index in [0.29, 0.717) is 32.0 Å². The van der Waals surface area contributed by atoms with Crippen LogP contribution in [-0.2, 0) is 22.4 Å². The van der Waals surface area contributed by atoms with Crippen LogP contribution in [0.5, 0.6) is 0 Å². The van der Waals surface area contributed by atoms with E-state index in [0.717, 1.165) is 38.2 Å². The summed E-state index contributed by atoms with van der Waals surface area (Å²) in [4.78, 5) is 16.9. The summed E-state index contributed by atoms with van der Waals surface area (Å²) in [5, 5.41) is 8.55. The summed E-state index contributed by atoms with van der Waals surface area (Å²) in [7, 11) is 0. The van der Waals surface area contributed by atoms with Crippen molar-refractivity contribution in [2.45, 2.75) is 31.6 Å². The minimum absolute atomic E-state index is 0.0566. The molecule has 2 saturated heterocycles.